The molecule has 0 bridgehead atoms. The molecule has 1 aliphatic rings. The van der Waals surface area contributed by atoms with Gasteiger partial charge in [-0.3, -0.25) is 9.69 Å². The van der Waals surface area contributed by atoms with Crippen molar-refractivity contribution in [3.63, 3.8) is 0 Å². The van der Waals surface area contributed by atoms with Crippen LogP contribution in [0.2, 0.25) is 0 Å². The van der Waals surface area contributed by atoms with Crippen molar-refractivity contribution in [1.29, 1.82) is 0 Å². The maximum absolute atomic E-state index is 11.9. The zero-order valence-corrected chi connectivity index (χ0v) is 12.6. The van der Waals surface area contributed by atoms with Crippen molar-refractivity contribution >= 4 is 5.91 Å². The standard InChI is InChI=1S/C15H20N4O3/c1-11-17-14(22-18-11)9-19-5-2-3-12(8-19)7-16-15(20)13-4-6-21-10-13/h4,6,10,12H,2-3,5,7-9H2,1H3,(H,16,20). The fourth-order valence-corrected chi connectivity index (χ4v) is 2.79. The molecule has 1 fully saturated rings. The van der Waals surface area contributed by atoms with E-state index < -0.39 is 0 Å². The number of hydrogen-bond donors (Lipinski definition) is 1. The van der Waals surface area contributed by atoms with Crippen LogP contribution >= 0.6 is 0 Å². The molecule has 3 heterocycles. The summed E-state index contributed by atoms with van der Waals surface area (Å²) < 4.78 is 10.1. The Morgan fingerprint density at radius 1 is 1.55 bits per heavy atom. The van der Waals surface area contributed by atoms with Crippen LogP contribution < -0.4 is 5.32 Å². The molecule has 0 aliphatic carbocycles. The van der Waals surface area contributed by atoms with Gasteiger partial charge in [-0.2, -0.15) is 4.98 Å². The Balaban J connectivity index is 1.47. The minimum absolute atomic E-state index is 0.0848. The monoisotopic (exact) mass is 304 g/mol. The van der Waals surface area contributed by atoms with Gasteiger partial charge in [0.2, 0.25) is 5.89 Å². The second kappa shape index (κ2) is 6.74. The van der Waals surface area contributed by atoms with Crippen molar-refractivity contribution in [2.75, 3.05) is 19.6 Å². The summed E-state index contributed by atoms with van der Waals surface area (Å²) in [6.07, 6.45) is 5.19. The lowest BCUT2D eigenvalue weighted by Crippen LogP contribution is -2.40. The number of aromatic nitrogens is 2. The predicted molar refractivity (Wildman–Crippen MR) is 78.1 cm³/mol. The number of piperidine rings is 1. The van der Waals surface area contributed by atoms with Crippen LogP contribution in [0.3, 0.4) is 0 Å². The Labute approximate surface area is 128 Å². The van der Waals surface area contributed by atoms with E-state index in [1.807, 2.05) is 6.92 Å². The van der Waals surface area contributed by atoms with Gasteiger partial charge < -0.3 is 14.3 Å². The smallest absolute Gasteiger partial charge is 0.254 e. The van der Waals surface area contributed by atoms with Crippen molar-refractivity contribution in [3.8, 4) is 0 Å². The summed E-state index contributed by atoms with van der Waals surface area (Å²) in [4.78, 5) is 18.4. The first-order chi connectivity index (χ1) is 10.7. The highest BCUT2D eigenvalue weighted by Gasteiger charge is 2.22. The molecule has 1 aliphatic heterocycles. The zero-order chi connectivity index (χ0) is 15.4. The summed E-state index contributed by atoms with van der Waals surface area (Å²) in [5.41, 5.74) is 0.564. The Hall–Kier alpha value is -2.15. The maximum atomic E-state index is 11.9. The quantitative estimate of drug-likeness (QED) is 0.903. The molecule has 1 N–H and O–H groups in total. The number of furan rings is 1. The topological polar surface area (TPSA) is 84.4 Å². The van der Waals surface area contributed by atoms with E-state index >= 15 is 0 Å². The highest BCUT2D eigenvalue weighted by molar-refractivity contribution is 5.93. The fourth-order valence-electron chi connectivity index (χ4n) is 2.79. The van der Waals surface area contributed by atoms with E-state index in [-0.39, 0.29) is 5.91 Å². The number of likely N-dealkylation sites (tertiary alicyclic amines) is 1. The lowest BCUT2D eigenvalue weighted by Gasteiger charge is -2.31. The van der Waals surface area contributed by atoms with E-state index in [0.717, 1.165) is 25.9 Å². The minimum Gasteiger partial charge on any atom is -0.472 e. The minimum atomic E-state index is -0.0848. The third-order valence-electron chi connectivity index (χ3n) is 3.87. The van der Waals surface area contributed by atoms with Crippen LogP contribution in [0.1, 0.15) is 34.9 Å². The first kappa shape index (κ1) is 14.8. The fraction of sp³-hybridized carbons (Fsp3) is 0.533. The first-order valence-electron chi connectivity index (χ1n) is 7.52. The predicted octanol–water partition coefficient (Wildman–Crippen LogP) is 1.61. The summed E-state index contributed by atoms with van der Waals surface area (Å²) in [7, 11) is 0. The second-order valence-electron chi connectivity index (χ2n) is 5.70. The Morgan fingerprint density at radius 3 is 3.18 bits per heavy atom. The summed E-state index contributed by atoms with van der Waals surface area (Å²) >= 11 is 0. The Kier molecular flexibility index (Phi) is 4.53. The molecule has 2 aromatic heterocycles. The number of aryl methyl sites for hydroxylation is 1. The second-order valence-corrected chi connectivity index (χ2v) is 5.70. The van der Waals surface area contributed by atoms with Gasteiger partial charge in [0.05, 0.1) is 18.4 Å². The first-order valence-corrected chi connectivity index (χ1v) is 7.52. The number of nitrogens with zero attached hydrogens (tertiary/aromatic N) is 3. The van der Waals surface area contributed by atoms with Crippen molar-refractivity contribution in [2.45, 2.75) is 26.3 Å². The third-order valence-corrected chi connectivity index (χ3v) is 3.87. The van der Waals surface area contributed by atoms with Gasteiger partial charge in [-0.15, -0.1) is 0 Å². The van der Waals surface area contributed by atoms with Crippen molar-refractivity contribution in [3.05, 3.63) is 35.9 Å². The Bertz CT molecular complexity index is 608. The molecule has 0 aromatic carbocycles. The van der Waals surface area contributed by atoms with E-state index in [1.54, 1.807) is 6.07 Å². The Morgan fingerprint density at radius 2 is 2.45 bits per heavy atom. The average Bonchev–Trinajstić information content (AvgIpc) is 3.17. The van der Waals surface area contributed by atoms with Crippen LogP contribution in [-0.2, 0) is 6.54 Å². The van der Waals surface area contributed by atoms with Crippen LogP contribution in [0.4, 0.5) is 0 Å². The molecule has 1 amide bonds. The molecular weight excluding hydrogens is 284 g/mol. The van der Waals surface area contributed by atoms with Gasteiger partial charge in [-0.1, -0.05) is 5.16 Å². The third kappa shape index (κ3) is 3.73. The van der Waals surface area contributed by atoms with Crippen LogP contribution in [-0.4, -0.2) is 40.6 Å². The number of nitrogens with one attached hydrogen (secondary N) is 1. The van der Waals surface area contributed by atoms with Gasteiger partial charge in [-0.05, 0) is 38.3 Å². The summed E-state index contributed by atoms with van der Waals surface area (Å²) in [6, 6.07) is 1.67. The SMILES string of the molecule is Cc1noc(CN2CCCC(CNC(=O)c3ccoc3)C2)n1. The van der Waals surface area contributed by atoms with Crippen LogP contribution in [0.5, 0.6) is 0 Å². The van der Waals surface area contributed by atoms with Crippen molar-refractivity contribution in [2.24, 2.45) is 5.92 Å². The van der Waals surface area contributed by atoms with E-state index in [0.29, 0.717) is 36.3 Å². The highest BCUT2D eigenvalue weighted by Crippen LogP contribution is 2.17. The van der Waals surface area contributed by atoms with E-state index in [9.17, 15) is 4.79 Å². The molecule has 0 spiro atoms. The maximum Gasteiger partial charge on any atom is 0.254 e. The normalized spacial score (nSPS) is 19.2. The van der Waals surface area contributed by atoms with E-state index in [1.165, 1.54) is 12.5 Å². The molecule has 7 nitrogen and oxygen atoms in total. The van der Waals surface area contributed by atoms with Gasteiger partial charge in [0.15, 0.2) is 5.82 Å². The van der Waals surface area contributed by atoms with E-state index in [4.69, 9.17) is 8.94 Å². The van der Waals surface area contributed by atoms with Gasteiger partial charge in [0.1, 0.15) is 6.26 Å². The largest absolute Gasteiger partial charge is 0.472 e. The van der Waals surface area contributed by atoms with Gasteiger partial charge in [-0.25, -0.2) is 0 Å². The molecule has 1 saturated heterocycles. The van der Waals surface area contributed by atoms with Crippen LogP contribution in [0.15, 0.2) is 27.5 Å². The molecule has 1 unspecified atom stereocenters. The van der Waals surface area contributed by atoms with Gasteiger partial charge in [0, 0.05) is 13.1 Å². The number of rotatable bonds is 5. The molecule has 118 valence electrons. The van der Waals surface area contributed by atoms with E-state index in [2.05, 4.69) is 20.4 Å². The molecular formula is C15H20N4O3. The number of amides is 1. The van der Waals surface area contributed by atoms with Crippen molar-refractivity contribution in [1.82, 2.24) is 20.4 Å². The molecule has 1 atom stereocenters. The highest BCUT2D eigenvalue weighted by atomic mass is 16.5. The molecule has 0 saturated carbocycles. The lowest BCUT2D eigenvalue weighted by atomic mass is 9.98. The summed E-state index contributed by atoms with van der Waals surface area (Å²) in [5.74, 6) is 1.67. The molecule has 7 heteroatoms. The van der Waals surface area contributed by atoms with Crippen molar-refractivity contribution < 1.29 is 13.7 Å². The zero-order valence-electron chi connectivity index (χ0n) is 12.6. The van der Waals surface area contributed by atoms with Crippen LogP contribution in [0, 0.1) is 12.8 Å². The molecule has 3 rings (SSSR count). The number of hydrogen-bond acceptors (Lipinski definition) is 6. The molecule has 2 aromatic rings. The van der Waals surface area contributed by atoms with Gasteiger partial charge in [0.25, 0.3) is 5.91 Å². The molecule has 22 heavy (non-hydrogen) atoms. The number of carbonyl (C=O) groups is 1. The number of carbonyl (C=O) groups excluding carboxylic acids is 1. The van der Waals surface area contributed by atoms with Gasteiger partial charge >= 0.3 is 0 Å². The molecule has 0 radical (unpaired) electrons. The summed E-state index contributed by atoms with van der Waals surface area (Å²) in [5, 5.41) is 6.78. The summed E-state index contributed by atoms with van der Waals surface area (Å²) in [6.45, 7) is 5.11. The lowest BCUT2D eigenvalue weighted by molar-refractivity contribution is 0.0926. The van der Waals surface area contributed by atoms with Crippen LogP contribution in [0.25, 0.3) is 0 Å². The average molecular weight is 304 g/mol.